The largest absolute Gasteiger partial charge is 0.349 e. The van der Waals surface area contributed by atoms with Gasteiger partial charge in [-0.2, -0.15) is 0 Å². The average molecular weight is 343 g/mol. The van der Waals surface area contributed by atoms with Crippen LogP contribution in [0.4, 0.5) is 4.79 Å². The number of urea groups is 1. The molecule has 1 atom stereocenters. The van der Waals surface area contributed by atoms with E-state index in [0.29, 0.717) is 13.1 Å². The van der Waals surface area contributed by atoms with Gasteiger partial charge in [0.2, 0.25) is 5.91 Å². The number of likely N-dealkylation sites (tertiary alicyclic amines) is 1. The van der Waals surface area contributed by atoms with Crippen LogP contribution >= 0.6 is 0 Å². The molecule has 3 amide bonds. The van der Waals surface area contributed by atoms with Crippen LogP contribution in [0.3, 0.4) is 0 Å². The van der Waals surface area contributed by atoms with E-state index in [1.807, 2.05) is 4.90 Å². The van der Waals surface area contributed by atoms with Crippen molar-refractivity contribution in [2.75, 3.05) is 27.2 Å². The summed E-state index contributed by atoms with van der Waals surface area (Å²) >= 11 is 0. The Morgan fingerprint density at radius 2 is 1.80 bits per heavy atom. The third-order valence-corrected chi connectivity index (χ3v) is 5.45. The zero-order chi connectivity index (χ0) is 17.8. The van der Waals surface area contributed by atoms with E-state index in [-0.39, 0.29) is 23.9 Å². The number of hydrogen-bond donors (Lipinski definition) is 1. The van der Waals surface area contributed by atoms with Gasteiger partial charge < -0.3 is 15.1 Å². The molecule has 2 aliphatic rings. The van der Waals surface area contributed by atoms with Crippen LogP contribution in [-0.2, 0) is 11.2 Å². The van der Waals surface area contributed by atoms with E-state index in [9.17, 15) is 9.59 Å². The van der Waals surface area contributed by atoms with E-state index in [1.165, 1.54) is 17.5 Å². The predicted molar refractivity (Wildman–Crippen MR) is 98.3 cm³/mol. The van der Waals surface area contributed by atoms with Gasteiger partial charge in [0, 0.05) is 33.1 Å². The Hall–Kier alpha value is -2.04. The highest BCUT2D eigenvalue weighted by molar-refractivity contribution is 5.80. The summed E-state index contributed by atoms with van der Waals surface area (Å²) in [5, 5.41) is 3.30. The highest BCUT2D eigenvalue weighted by Crippen LogP contribution is 2.29. The first kappa shape index (κ1) is 17.8. The lowest BCUT2D eigenvalue weighted by molar-refractivity contribution is -0.127. The lowest BCUT2D eigenvalue weighted by atomic mass is 9.94. The SMILES string of the molecule is CN(C)C(=O)N1CCC(C(=O)N[C@@H]2CCCCc3ccccc32)CC1. The maximum atomic E-state index is 12.8. The number of nitrogens with one attached hydrogen (secondary N) is 1. The van der Waals surface area contributed by atoms with E-state index in [0.717, 1.165) is 32.1 Å². The standard InChI is InChI=1S/C20H29N3O2/c1-22(2)20(25)23-13-11-16(12-14-23)19(24)21-18-10-6-4-8-15-7-3-5-9-17(15)18/h3,5,7,9,16,18H,4,6,8,10-14H2,1-2H3,(H,21,24)/t18-/m1/s1. The van der Waals surface area contributed by atoms with Crippen molar-refractivity contribution in [1.29, 1.82) is 0 Å². The van der Waals surface area contributed by atoms with Gasteiger partial charge in [0.05, 0.1) is 6.04 Å². The molecule has 1 aliphatic carbocycles. The highest BCUT2D eigenvalue weighted by Gasteiger charge is 2.30. The van der Waals surface area contributed by atoms with Gasteiger partial charge >= 0.3 is 6.03 Å². The second kappa shape index (κ2) is 7.89. The van der Waals surface area contributed by atoms with Crippen LogP contribution in [0.25, 0.3) is 0 Å². The number of hydrogen-bond acceptors (Lipinski definition) is 2. The molecule has 0 saturated carbocycles. The molecule has 0 unspecified atom stereocenters. The summed E-state index contributed by atoms with van der Waals surface area (Å²) in [7, 11) is 3.54. The van der Waals surface area contributed by atoms with Crippen LogP contribution in [-0.4, -0.2) is 48.9 Å². The number of rotatable bonds is 2. The quantitative estimate of drug-likeness (QED) is 0.840. The molecule has 5 nitrogen and oxygen atoms in total. The first-order valence-electron chi connectivity index (χ1n) is 9.40. The maximum absolute atomic E-state index is 12.8. The van der Waals surface area contributed by atoms with Crippen LogP contribution in [0, 0.1) is 5.92 Å². The zero-order valence-electron chi connectivity index (χ0n) is 15.3. The molecule has 1 N–H and O–H groups in total. The molecule has 5 heteroatoms. The Balaban J connectivity index is 1.59. The average Bonchev–Trinajstić information content (AvgIpc) is 2.83. The number of carbonyl (C=O) groups is 2. The Labute approximate surface area is 150 Å². The molecular formula is C20H29N3O2. The fourth-order valence-electron chi connectivity index (χ4n) is 3.98. The van der Waals surface area contributed by atoms with Gasteiger partial charge in [-0.25, -0.2) is 4.79 Å². The fraction of sp³-hybridized carbons (Fsp3) is 0.600. The van der Waals surface area contributed by atoms with Gasteiger partial charge in [-0.3, -0.25) is 4.79 Å². The monoisotopic (exact) mass is 343 g/mol. The van der Waals surface area contributed by atoms with Gasteiger partial charge in [0.15, 0.2) is 0 Å². The number of amides is 3. The molecule has 1 aromatic rings. The minimum atomic E-state index is 0.0154. The lowest BCUT2D eigenvalue weighted by Gasteiger charge is -2.33. The number of nitrogens with zero attached hydrogens (tertiary/aromatic N) is 2. The molecular weight excluding hydrogens is 314 g/mol. The van der Waals surface area contributed by atoms with Crippen molar-refractivity contribution in [3.63, 3.8) is 0 Å². The predicted octanol–water partition coefficient (Wildman–Crippen LogP) is 2.96. The van der Waals surface area contributed by atoms with Crippen molar-refractivity contribution >= 4 is 11.9 Å². The summed E-state index contributed by atoms with van der Waals surface area (Å²) in [5.74, 6) is 0.167. The normalized spacial score (nSPS) is 21.2. The van der Waals surface area contributed by atoms with Gasteiger partial charge in [0.25, 0.3) is 0 Å². The van der Waals surface area contributed by atoms with Crippen molar-refractivity contribution < 1.29 is 9.59 Å². The summed E-state index contributed by atoms with van der Waals surface area (Å²) in [6.45, 7) is 1.33. The van der Waals surface area contributed by atoms with Crippen LogP contribution in [0.2, 0.25) is 0 Å². The molecule has 0 radical (unpaired) electrons. The molecule has 136 valence electrons. The van der Waals surface area contributed by atoms with Gasteiger partial charge in [-0.05, 0) is 43.2 Å². The zero-order valence-corrected chi connectivity index (χ0v) is 15.3. The van der Waals surface area contributed by atoms with Crippen LogP contribution < -0.4 is 5.32 Å². The summed E-state index contributed by atoms with van der Waals surface area (Å²) in [5.41, 5.74) is 2.66. The number of carbonyl (C=O) groups excluding carboxylic acids is 2. The molecule has 0 spiro atoms. The van der Waals surface area contributed by atoms with Crippen LogP contribution in [0.1, 0.15) is 49.3 Å². The second-order valence-electron chi connectivity index (χ2n) is 7.44. The van der Waals surface area contributed by atoms with Crippen molar-refractivity contribution in [3.05, 3.63) is 35.4 Å². The topological polar surface area (TPSA) is 52.7 Å². The Morgan fingerprint density at radius 1 is 1.08 bits per heavy atom. The molecule has 1 fully saturated rings. The van der Waals surface area contributed by atoms with E-state index in [4.69, 9.17) is 0 Å². The Morgan fingerprint density at radius 3 is 2.52 bits per heavy atom. The first-order valence-corrected chi connectivity index (χ1v) is 9.40. The molecule has 1 saturated heterocycles. The Bertz CT molecular complexity index is 621. The molecule has 0 bridgehead atoms. The molecule has 1 aromatic carbocycles. The van der Waals surface area contributed by atoms with Crippen LogP contribution in [0.15, 0.2) is 24.3 Å². The van der Waals surface area contributed by atoms with Crippen molar-refractivity contribution in [3.8, 4) is 0 Å². The number of fused-ring (bicyclic) bond motifs is 1. The minimum absolute atomic E-state index is 0.0154. The van der Waals surface area contributed by atoms with E-state index in [1.54, 1.807) is 19.0 Å². The summed E-state index contributed by atoms with van der Waals surface area (Å²) in [6.07, 6.45) is 5.96. The van der Waals surface area contributed by atoms with E-state index >= 15 is 0 Å². The lowest BCUT2D eigenvalue weighted by Crippen LogP contribution is -2.46. The van der Waals surface area contributed by atoms with Crippen LogP contribution in [0.5, 0.6) is 0 Å². The maximum Gasteiger partial charge on any atom is 0.319 e. The highest BCUT2D eigenvalue weighted by atomic mass is 16.2. The molecule has 0 aromatic heterocycles. The fourth-order valence-corrected chi connectivity index (χ4v) is 3.98. The molecule has 1 aliphatic heterocycles. The summed E-state index contributed by atoms with van der Waals surface area (Å²) < 4.78 is 0. The number of benzene rings is 1. The van der Waals surface area contributed by atoms with Gasteiger partial charge in [0.1, 0.15) is 0 Å². The van der Waals surface area contributed by atoms with Crippen molar-refractivity contribution in [1.82, 2.24) is 15.1 Å². The van der Waals surface area contributed by atoms with Crippen molar-refractivity contribution in [2.45, 2.75) is 44.6 Å². The van der Waals surface area contributed by atoms with E-state index < -0.39 is 0 Å². The minimum Gasteiger partial charge on any atom is -0.349 e. The number of piperidine rings is 1. The molecule has 3 rings (SSSR count). The first-order chi connectivity index (χ1) is 12.1. The third kappa shape index (κ3) is 4.14. The summed E-state index contributed by atoms with van der Waals surface area (Å²) in [6, 6.07) is 8.66. The van der Waals surface area contributed by atoms with Gasteiger partial charge in [-0.15, -0.1) is 0 Å². The molecule has 1 heterocycles. The molecule has 25 heavy (non-hydrogen) atoms. The third-order valence-electron chi connectivity index (χ3n) is 5.45. The smallest absolute Gasteiger partial charge is 0.319 e. The van der Waals surface area contributed by atoms with Crippen molar-refractivity contribution in [2.24, 2.45) is 5.92 Å². The summed E-state index contributed by atoms with van der Waals surface area (Å²) in [4.78, 5) is 28.2. The number of aryl methyl sites for hydroxylation is 1. The van der Waals surface area contributed by atoms with Gasteiger partial charge in [-0.1, -0.05) is 30.7 Å². The Kier molecular flexibility index (Phi) is 5.61. The second-order valence-corrected chi connectivity index (χ2v) is 7.44. The van der Waals surface area contributed by atoms with E-state index in [2.05, 4.69) is 29.6 Å².